The third-order valence-electron chi connectivity index (χ3n) is 7.52. The molecule has 7 rings (SSSR count). The Morgan fingerprint density at radius 1 is 0.783 bits per heavy atom. The highest BCUT2D eigenvalue weighted by molar-refractivity contribution is 9.10. The molecule has 2 amide bonds. The Bertz CT molecular complexity index is 1930. The molecule has 0 spiro atoms. The summed E-state index contributed by atoms with van der Waals surface area (Å²) in [4.78, 5) is 43.8. The number of thiazole rings is 2. The molecular formula is C33H30BrN5O5S2. The van der Waals surface area contributed by atoms with Crippen molar-refractivity contribution in [2.75, 3.05) is 10.6 Å². The largest absolute Gasteiger partial charge is 0.485 e. The van der Waals surface area contributed by atoms with E-state index in [-0.39, 0.29) is 17.4 Å². The molecular weight excluding hydrogens is 690 g/mol. The summed E-state index contributed by atoms with van der Waals surface area (Å²) in [6.07, 6.45) is 4.20. The van der Waals surface area contributed by atoms with Crippen LogP contribution in [0.15, 0.2) is 67.6 Å². The molecule has 0 saturated heterocycles. The normalized spacial score (nSPS) is 13.5. The number of hydrogen-bond acceptors (Lipinski definition) is 9. The molecule has 5 aromatic rings. The van der Waals surface area contributed by atoms with Gasteiger partial charge in [-0.25, -0.2) is 9.97 Å². The minimum atomic E-state index is -0.0102. The Hall–Kier alpha value is -4.33. The van der Waals surface area contributed by atoms with Gasteiger partial charge in [0.2, 0.25) is 11.8 Å². The van der Waals surface area contributed by atoms with E-state index < -0.39 is 0 Å². The van der Waals surface area contributed by atoms with Crippen molar-refractivity contribution in [2.45, 2.75) is 45.8 Å². The number of halogens is 1. The average Bonchev–Trinajstić information content (AvgIpc) is 3.77. The fourth-order valence-electron chi connectivity index (χ4n) is 5.24. The van der Waals surface area contributed by atoms with Crippen LogP contribution in [0.25, 0.3) is 11.1 Å². The Labute approximate surface area is 281 Å². The lowest BCUT2D eigenvalue weighted by Crippen LogP contribution is -2.20. The van der Waals surface area contributed by atoms with E-state index in [1.54, 1.807) is 22.6 Å². The molecule has 2 N–H and O–H groups in total. The smallest absolute Gasteiger partial charge is 0.253 e. The number of anilines is 2. The van der Waals surface area contributed by atoms with Gasteiger partial charge in [-0.3, -0.25) is 14.4 Å². The standard InChI is InChI=1S/C20H19N3O3S.C13H11BrN2O2S/c1-12-5-15(8-23(2)20(12)25)14-6-13-3-4-18(24)22-19(13)17(7-14)26-9-16-10-27-11-21-16;14-9-3-8-1-2-12(17)16-13(8)11(4-9)18-5-10-6-19-7-15-10/h5-8,10-11H,3-4,9H2,1-2H3,(H,22,24);3-4,6-7H,1-2,5H2,(H,16,17). The Kier molecular flexibility index (Phi) is 9.61. The number of pyridine rings is 1. The molecule has 0 radical (unpaired) electrons. The van der Waals surface area contributed by atoms with Crippen LogP contribution in [-0.4, -0.2) is 26.3 Å². The van der Waals surface area contributed by atoms with E-state index in [4.69, 9.17) is 9.47 Å². The highest BCUT2D eigenvalue weighted by Gasteiger charge is 2.22. The quantitative estimate of drug-likeness (QED) is 0.193. The lowest BCUT2D eigenvalue weighted by Gasteiger charge is -2.22. The average molecular weight is 721 g/mol. The van der Waals surface area contributed by atoms with Gasteiger partial charge in [0.1, 0.15) is 24.7 Å². The van der Waals surface area contributed by atoms with Crippen LogP contribution >= 0.6 is 38.6 Å². The fourth-order valence-corrected chi connectivity index (χ4v) is 6.81. The van der Waals surface area contributed by atoms with Gasteiger partial charge in [0.15, 0.2) is 0 Å². The van der Waals surface area contributed by atoms with Gasteiger partial charge in [-0.2, -0.15) is 0 Å². The Morgan fingerprint density at radius 2 is 1.35 bits per heavy atom. The molecule has 236 valence electrons. The summed E-state index contributed by atoms with van der Waals surface area (Å²) in [5.74, 6) is 1.33. The molecule has 2 aliphatic rings. The minimum Gasteiger partial charge on any atom is -0.485 e. The molecule has 0 aliphatic carbocycles. The predicted octanol–water partition coefficient (Wildman–Crippen LogP) is 6.65. The second-order valence-electron chi connectivity index (χ2n) is 10.9. The fraction of sp³-hybridized carbons (Fsp3) is 0.242. The molecule has 0 bridgehead atoms. The first-order valence-electron chi connectivity index (χ1n) is 14.5. The number of rotatable bonds is 7. The maximum atomic E-state index is 12.0. The van der Waals surface area contributed by atoms with Gasteiger partial charge in [-0.1, -0.05) is 15.9 Å². The van der Waals surface area contributed by atoms with Crippen LogP contribution in [0.4, 0.5) is 11.4 Å². The number of nitrogens with zero attached hydrogens (tertiary/aromatic N) is 3. The molecule has 0 unspecified atom stereocenters. The molecule has 3 aromatic heterocycles. The number of aryl methyl sites for hydroxylation is 4. The summed E-state index contributed by atoms with van der Waals surface area (Å²) >= 11 is 6.52. The summed E-state index contributed by atoms with van der Waals surface area (Å²) in [6, 6.07) is 9.75. The van der Waals surface area contributed by atoms with Crippen LogP contribution in [0.5, 0.6) is 11.5 Å². The van der Waals surface area contributed by atoms with E-state index in [0.717, 1.165) is 55.9 Å². The van der Waals surface area contributed by atoms with Gasteiger partial charge in [-0.05, 0) is 72.4 Å². The molecule has 0 fully saturated rings. The number of carbonyl (C=O) groups excluding carboxylic acids is 2. The number of fused-ring (bicyclic) bond motifs is 2. The zero-order chi connectivity index (χ0) is 32.2. The second kappa shape index (κ2) is 14.0. The summed E-state index contributed by atoms with van der Waals surface area (Å²) in [7, 11) is 1.75. The first-order valence-corrected chi connectivity index (χ1v) is 17.2. The van der Waals surface area contributed by atoms with E-state index in [1.807, 2.05) is 48.1 Å². The number of amides is 2. The lowest BCUT2D eigenvalue weighted by molar-refractivity contribution is -0.117. The first kappa shape index (κ1) is 31.6. The van der Waals surface area contributed by atoms with Gasteiger partial charge in [0, 0.05) is 46.9 Å². The van der Waals surface area contributed by atoms with Crippen molar-refractivity contribution in [3.63, 3.8) is 0 Å². The summed E-state index contributed by atoms with van der Waals surface area (Å²) in [5, 5.41) is 9.70. The van der Waals surface area contributed by atoms with Crippen LogP contribution in [0.3, 0.4) is 0 Å². The van der Waals surface area contributed by atoms with Crippen molar-refractivity contribution >= 4 is 61.8 Å². The van der Waals surface area contributed by atoms with E-state index >= 15 is 0 Å². The Morgan fingerprint density at radius 3 is 1.89 bits per heavy atom. The molecule has 46 heavy (non-hydrogen) atoms. The number of ether oxygens (including phenoxy) is 2. The van der Waals surface area contributed by atoms with E-state index in [1.165, 1.54) is 22.7 Å². The van der Waals surface area contributed by atoms with Crippen molar-refractivity contribution < 1.29 is 19.1 Å². The van der Waals surface area contributed by atoms with Gasteiger partial charge < -0.3 is 24.7 Å². The number of benzene rings is 2. The maximum Gasteiger partial charge on any atom is 0.253 e. The van der Waals surface area contributed by atoms with Crippen molar-refractivity contribution in [2.24, 2.45) is 7.05 Å². The summed E-state index contributed by atoms with van der Waals surface area (Å²) in [6.45, 7) is 2.55. The number of aromatic nitrogens is 3. The number of hydrogen-bond donors (Lipinski definition) is 2. The third kappa shape index (κ3) is 7.38. The van der Waals surface area contributed by atoms with E-state index in [2.05, 4.69) is 42.6 Å². The van der Waals surface area contributed by atoms with Crippen LogP contribution in [-0.2, 0) is 42.7 Å². The monoisotopic (exact) mass is 719 g/mol. The van der Waals surface area contributed by atoms with Gasteiger partial charge in [0.05, 0.1) is 33.8 Å². The van der Waals surface area contributed by atoms with E-state index in [9.17, 15) is 14.4 Å². The Balaban J connectivity index is 0.000000172. The number of nitrogens with one attached hydrogen (secondary N) is 2. The third-order valence-corrected chi connectivity index (χ3v) is 9.25. The summed E-state index contributed by atoms with van der Waals surface area (Å²) < 4.78 is 14.3. The molecule has 0 saturated carbocycles. The molecule has 13 heteroatoms. The zero-order valence-corrected chi connectivity index (χ0v) is 28.3. The highest BCUT2D eigenvalue weighted by Crippen LogP contribution is 2.38. The zero-order valence-electron chi connectivity index (χ0n) is 25.1. The first-order chi connectivity index (χ1) is 22.2. The SMILES string of the molecule is Cc1cc(-c2cc3c(c(OCc4cscn4)c2)NC(=O)CC3)cn(C)c1=O.O=C1CCc2cc(Br)cc(OCc3cscn3)c2N1. The predicted molar refractivity (Wildman–Crippen MR) is 183 cm³/mol. The second-order valence-corrected chi connectivity index (χ2v) is 13.3. The highest BCUT2D eigenvalue weighted by atomic mass is 79.9. The topological polar surface area (TPSA) is 124 Å². The van der Waals surface area contributed by atoms with Crippen LogP contribution in [0.2, 0.25) is 0 Å². The minimum absolute atomic E-state index is 0.00768. The van der Waals surface area contributed by atoms with Crippen molar-refractivity contribution in [3.05, 3.63) is 101 Å². The van der Waals surface area contributed by atoms with Crippen molar-refractivity contribution in [3.8, 4) is 22.6 Å². The van der Waals surface area contributed by atoms with Crippen LogP contribution in [0.1, 0.15) is 40.9 Å². The molecule has 0 atom stereocenters. The van der Waals surface area contributed by atoms with Crippen molar-refractivity contribution in [1.29, 1.82) is 0 Å². The molecule has 10 nitrogen and oxygen atoms in total. The van der Waals surface area contributed by atoms with Gasteiger partial charge in [-0.15, -0.1) is 22.7 Å². The van der Waals surface area contributed by atoms with Crippen LogP contribution < -0.4 is 25.7 Å². The van der Waals surface area contributed by atoms with Crippen LogP contribution in [0, 0.1) is 6.92 Å². The molecule has 2 aliphatic heterocycles. The maximum absolute atomic E-state index is 12.0. The summed E-state index contributed by atoms with van der Waals surface area (Å²) in [5.41, 5.74) is 11.5. The van der Waals surface area contributed by atoms with Gasteiger partial charge in [0.25, 0.3) is 5.56 Å². The molecule has 5 heterocycles. The molecule has 2 aromatic carbocycles. The number of carbonyl (C=O) groups is 2. The van der Waals surface area contributed by atoms with E-state index in [0.29, 0.717) is 49.5 Å². The van der Waals surface area contributed by atoms with Crippen molar-refractivity contribution in [1.82, 2.24) is 14.5 Å². The van der Waals surface area contributed by atoms with Gasteiger partial charge >= 0.3 is 0 Å². The lowest BCUT2D eigenvalue weighted by atomic mass is 9.96.